The van der Waals surface area contributed by atoms with Crippen LogP contribution < -0.4 is 5.32 Å². The molecule has 2 heteroatoms. The third-order valence-corrected chi connectivity index (χ3v) is 5.58. The summed E-state index contributed by atoms with van der Waals surface area (Å²) in [5, 5.41) is 3.88. The highest BCUT2D eigenvalue weighted by Gasteiger charge is 2.33. The summed E-state index contributed by atoms with van der Waals surface area (Å²) in [6.07, 6.45) is 9.97. The van der Waals surface area contributed by atoms with Crippen LogP contribution in [0.3, 0.4) is 0 Å². The highest BCUT2D eigenvalue weighted by atomic mass is 15.1. The molecule has 0 spiro atoms. The molecule has 0 bridgehead atoms. The highest BCUT2D eigenvalue weighted by Crippen LogP contribution is 2.40. The highest BCUT2D eigenvalue weighted by molar-refractivity contribution is 4.88. The van der Waals surface area contributed by atoms with E-state index in [1.54, 1.807) is 0 Å². The van der Waals surface area contributed by atoms with E-state index in [0.29, 0.717) is 11.5 Å². The van der Waals surface area contributed by atoms with Gasteiger partial charge in [0.1, 0.15) is 0 Å². The molecule has 2 nitrogen and oxygen atoms in total. The zero-order valence-corrected chi connectivity index (χ0v) is 12.7. The number of nitrogens with one attached hydrogen (secondary N) is 1. The largest absolute Gasteiger partial charge is 0.313 e. The fourth-order valence-electron chi connectivity index (χ4n) is 3.94. The van der Waals surface area contributed by atoms with Crippen LogP contribution in [0.1, 0.15) is 58.8 Å². The fourth-order valence-corrected chi connectivity index (χ4v) is 3.94. The Labute approximate surface area is 114 Å². The molecule has 2 rings (SSSR count). The first-order valence-electron chi connectivity index (χ1n) is 8.07. The van der Waals surface area contributed by atoms with Crippen molar-refractivity contribution in [2.45, 2.75) is 64.8 Å². The molecule has 2 unspecified atom stereocenters. The maximum absolute atomic E-state index is 3.88. The van der Waals surface area contributed by atoms with Crippen molar-refractivity contribution in [3.8, 4) is 0 Å². The third-order valence-electron chi connectivity index (χ3n) is 5.58. The van der Waals surface area contributed by atoms with Crippen LogP contribution in [0.5, 0.6) is 0 Å². The minimum atomic E-state index is 0.634. The quantitative estimate of drug-likeness (QED) is 0.808. The second kappa shape index (κ2) is 6.38. The smallest absolute Gasteiger partial charge is 0.00794 e. The van der Waals surface area contributed by atoms with E-state index in [0.717, 1.165) is 5.92 Å². The summed E-state index contributed by atoms with van der Waals surface area (Å²) in [5.74, 6) is 0.860. The van der Waals surface area contributed by atoms with E-state index in [4.69, 9.17) is 0 Å². The van der Waals surface area contributed by atoms with Gasteiger partial charge in [0, 0.05) is 19.1 Å². The maximum atomic E-state index is 3.88. The summed E-state index contributed by atoms with van der Waals surface area (Å²) in [7, 11) is 2.27. The number of likely N-dealkylation sites (tertiary alicyclic amines) is 1. The molecule has 2 aliphatic rings. The van der Waals surface area contributed by atoms with Crippen molar-refractivity contribution in [2.24, 2.45) is 11.3 Å². The van der Waals surface area contributed by atoms with E-state index in [2.05, 4.69) is 31.1 Å². The second-order valence-electron chi connectivity index (χ2n) is 6.89. The topological polar surface area (TPSA) is 15.3 Å². The first-order chi connectivity index (χ1) is 8.65. The fraction of sp³-hybridized carbons (Fsp3) is 1.00. The molecule has 2 fully saturated rings. The minimum Gasteiger partial charge on any atom is -0.313 e. The molecule has 0 aromatic rings. The average Bonchev–Trinajstić information content (AvgIpc) is 2.85. The van der Waals surface area contributed by atoms with E-state index in [9.17, 15) is 0 Å². The summed E-state index contributed by atoms with van der Waals surface area (Å²) in [4.78, 5) is 2.50. The van der Waals surface area contributed by atoms with E-state index in [-0.39, 0.29) is 0 Å². The summed E-state index contributed by atoms with van der Waals surface area (Å²) in [5.41, 5.74) is 0.634. The van der Waals surface area contributed by atoms with Crippen LogP contribution in [0, 0.1) is 11.3 Å². The van der Waals surface area contributed by atoms with Gasteiger partial charge in [-0.3, -0.25) is 0 Å². The average molecular weight is 252 g/mol. The Morgan fingerprint density at radius 1 is 1.28 bits per heavy atom. The molecule has 0 amide bonds. The Morgan fingerprint density at radius 3 is 2.61 bits per heavy atom. The number of nitrogens with zero attached hydrogens (tertiary/aromatic N) is 1. The first kappa shape index (κ1) is 14.3. The van der Waals surface area contributed by atoms with Gasteiger partial charge < -0.3 is 10.2 Å². The maximum Gasteiger partial charge on any atom is 0.00794 e. The molecule has 106 valence electrons. The van der Waals surface area contributed by atoms with Gasteiger partial charge in [-0.15, -0.1) is 0 Å². The molecule has 0 aromatic carbocycles. The lowest BCUT2D eigenvalue weighted by molar-refractivity contribution is 0.165. The monoisotopic (exact) mass is 252 g/mol. The van der Waals surface area contributed by atoms with Gasteiger partial charge in [-0.1, -0.05) is 19.8 Å². The van der Waals surface area contributed by atoms with Crippen molar-refractivity contribution in [2.75, 3.05) is 26.7 Å². The third kappa shape index (κ3) is 3.48. The molecule has 1 N–H and O–H groups in total. The lowest BCUT2D eigenvalue weighted by atomic mass is 9.82. The molecule has 1 aliphatic heterocycles. The van der Waals surface area contributed by atoms with Gasteiger partial charge in [-0.05, 0) is 64.0 Å². The summed E-state index contributed by atoms with van der Waals surface area (Å²) in [6, 6.07) is 0.691. The van der Waals surface area contributed by atoms with Gasteiger partial charge in [0.2, 0.25) is 0 Å². The molecular formula is C16H32N2. The zero-order valence-electron chi connectivity index (χ0n) is 12.7. The predicted molar refractivity (Wildman–Crippen MR) is 78.9 cm³/mol. The van der Waals surface area contributed by atoms with Gasteiger partial charge in [0.25, 0.3) is 0 Å². The van der Waals surface area contributed by atoms with E-state index >= 15 is 0 Å². The zero-order chi connectivity index (χ0) is 13.0. The standard InChI is InChI=1S/C16H32N2/c1-4-16(9-5-6-10-16)13-17-14(2)15-8-7-11-18(3)12-15/h14-15,17H,4-13H2,1-3H3. The molecule has 1 aliphatic carbocycles. The van der Waals surface area contributed by atoms with Crippen molar-refractivity contribution in [3.63, 3.8) is 0 Å². The lowest BCUT2D eigenvalue weighted by Crippen LogP contribution is -2.46. The molecule has 1 saturated carbocycles. The van der Waals surface area contributed by atoms with Crippen LogP contribution in [0.2, 0.25) is 0 Å². The Hall–Kier alpha value is -0.0800. The van der Waals surface area contributed by atoms with Gasteiger partial charge >= 0.3 is 0 Å². The molecule has 1 saturated heterocycles. The molecule has 2 atom stereocenters. The van der Waals surface area contributed by atoms with Crippen LogP contribution >= 0.6 is 0 Å². The van der Waals surface area contributed by atoms with Crippen molar-refractivity contribution in [1.29, 1.82) is 0 Å². The number of rotatable bonds is 5. The normalized spacial score (nSPS) is 30.5. The van der Waals surface area contributed by atoms with Crippen molar-refractivity contribution >= 4 is 0 Å². The van der Waals surface area contributed by atoms with E-state index in [1.165, 1.54) is 64.6 Å². The van der Waals surface area contributed by atoms with Gasteiger partial charge in [-0.25, -0.2) is 0 Å². The van der Waals surface area contributed by atoms with Crippen molar-refractivity contribution < 1.29 is 0 Å². The van der Waals surface area contributed by atoms with Crippen LogP contribution in [0.15, 0.2) is 0 Å². The van der Waals surface area contributed by atoms with E-state index in [1.807, 2.05) is 0 Å². The number of piperidine rings is 1. The Kier molecular flexibility index (Phi) is 5.08. The van der Waals surface area contributed by atoms with Gasteiger partial charge in [0.15, 0.2) is 0 Å². The summed E-state index contributed by atoms with van der Waals surface area (Å²) < 4.78 is 0. The minimum absolute atomic E-state index is 0.634. The van der Waals surface area contributed by atoms with Crippen molar-refractivity contribution in [3.05, 3.63) is 0 Å². The van der Waals surface area contributed by atoms with Crippen LogP contribution in [0.25, 0.3) is 0 Å². The van der Waals surface area contributed by atoms with Gasteiger partial charge in [-0.2, -0.15) is 0 Å². The van der Waals surface area contributed by atoms with Crippen LogP contribution in [0.4, 0.5) is 0 Å². The Morgan fingerprint density at radius 2 is 2.00 bits per heavy atom. The first-order valence-corrected chi connectivity index (χ1v) is 8.07. The molecule has 1 heterocycles. The molecule has 0 aromatic heterocycles. The lowest BCUT2D eigenvalue weighted by Gasteiger charge is -2.36. The molecule has 18 heavy (non-hydrogen) atoms. The van der Waals surface area contributed by atoms with Crippen LogP contribution in [-0.4, -0.2) is 37.6 Å². The SMILES string of the molecule is CCC1(CNC(C)C2CCCN(C)C2)CCCC1. The summed E-state index contributed by atoms with van der Waals surface area (Å²) in [6.45, 7) is 8.62. The molecule has 0 radical (unpaired) electrons. The second-order valence-corrected chi connectivity index (χ2v) is 6.89. The van der Waals surface area contributed by atoms with E-state index < -0.39 is 0 Å². The number of hydrogen-bond acceptors (Lipinski definition) is 2. The summed E-state index contributed by atoms with van der Waals surface area (Å²) >= 11 is 0. The Bertz CT molecular complexity index is 245. The van der Waals surface area contributed by atoms with Gasteiger partial charge in [0.05, 0.1) is 0 Å². The predicted octanol–water partition coefficient (Wildman–Crippen LogP) is 3.28. The molecular weight excluding hydrogens is 220 g/mol. The number of hydrogen-bond donors (Lipinski definition) is 1. The Balaban J connectivity index is 1.78. The van der Waals surface area contributed by atoms with Crippen molar-refractivity contribution in [1.82, 2.24) is 10.2 Å². The van der Waals surface area contributed by atoms with Crippen LogP contribution in [-0.2, 0) is 0 Å².